The highest BCUT2D eigenvalue weighted by atomic mass is 79.9. The van der Waals surface area contributed by atoms with Crippen LogP contribution in [0.2, 0.25) is 0 Å². The van der Waals surface area contributed by atoms with E-state index >= 15 is 0 Å². The van der Waals surface area contributed by atoms with E-state index in [1.807, 2.05) is 31.2 Å². The third-order valence-electron chi connectivity index (χ3n) is 2.51. The highest BCUT2D eigenvalue weighted by Gasteiger charge is 2.14. The molecule has 2 N–H and O–H groups in total. The van der Waals surface area contributed by atoms with Crippen molar-refractivity contribution in [3.05, 3.63) is 28.7 Å². The minimum atomic E-state index is -0.550. The number of halogens is 1. The number of hydrogen-bond donors (Lipinski definition) is 2. The number of nitrogens with one attached hydrogen (secondary N) is 2. The smallest absolute Gasteiger partial charge is 0.242 e. The number of carbonyl (C=O) groups excluding carboxylic acids is 2. The predicted molar refractivity (Wildman–Crippen MR) is 80.5 cm³/mol. The number of ether oxygens (including phenoxy) is 1. The fraction of sp³-hybridized carbons (Fsp3) is 0.429. The van der Waals surface area contributed by atoms with Gasteiger partial charge in [-0.3, -0.25) is 9.59 Å². The van der Waals surface area contributed by atoms with Gasteiger partial charge in [0.25, 0.3) is 0 Å². The van der Waals surface area contributed by atoms with Gasteiger partial charge in [-0.25, -0.2) is 0 Å². The molecule has 5 nitrogen and oxygen atoms in total. The summed E-state index contributed by atoms with van der Waals surface area (Å²) in [5, 5.41) is 5.26. The first-order chi connectivity index (χ1) is 9.38. The zero-order valence-electron chi connectivity index (χ0n) is 11.8. The Morgan fingerprint density at radius 1 is 1.35 bits per heavy atom. The lowest BCUT2D eigenvalue weighted by atomic mass is 10.3. The van der Waals surface area contributed by atoms with Crippen molar-refractivity contribution in [2.75, 3.05) is 6.54 Å². The maximum Gasteiger partial charge on any atom is 0.242 e. The topological polar surface area (TPSA) is 67.4 Å². The average Bonchev–Trinajstić information content (AvgIpc) is 2.35. The molecule has 0 heterocycles. The van der Waals surface area contributed by atoms with Crippen molar-refractivity contribution in [1.29, 1.82) is 0 Å². The standard InChI is InChI=1S/C14H19BrN2O3/c1-9(20-13-6-4-5-12(15)7-13)8-16-14(19)10(2)17-11(3)18/h4-7,9-10H,8H2,1-3H3,(H,16,19)(H,17,18)/t9-,10+/m0/s1. The van der Waals surface area contributed by atoms with Gasteiger partial charge < -0.3 is 15.4 Å². The number of carbonyl (C=O) groups is 2. The Labute approximate surface area is 127 Å². The molecule has 0 fully saturated rings. The quantitative estimate of drug-likeness (QED) is 0.829. The molecule has 0 aromatic heterocycles. The van der Waals surface area contributed by atoms with Crippen LogP contribution in [-0.4, -0.2) is 30.5 Å². The average molecular weight is 343 g/mol. The van der Waals surface area contributed by atoms with Crippen LogP contribution in [0.5, 0.6) is 5.75 Å². The Kier molecular flexibility index (Phi) is 6.51. The van der Waals surface area contributed by atoms with Gasteiger partial charge in [0.1, 0.15) is 17.9 Å². The van der Waals surface area contributed by atoms with E-state index in [9.17, 15) is 9.59 Å². The minimum absolute atomic E-state index is 0.169. The maximum absolute atomic E-state index is 11.7. The second-order valence-corrected chi connectivity index (χ2v) is 5.47. The first-order valence-electron chi connectivity index (χ1n) is 6.35. The second-order valence-electron chi connectivity index (χ2n) is 4.55. The molecule has 0 aliphatic heterocycles. The lowest BCUT2D eigenvalue weighted by Crippen LogP contribution is -2.46. The summed E-state index contributed by atoms with van der Waals surface area (Å²) in [6.07, 6.45) is -0.169. The predicted octanol–water partition coefficient (Wildman–Crippen LogP) is 1.86. The van der Waals surface area contributed by atoms with Crippen molar-refractivity contribution in [2.24, 2.45) is 0 Å². The highest BCUT2D eigenvalue weighted by Crippen LogP contribution is 2.18. The maximum atomic E-state index is 11.7. The Morgan fingerprint density at radius 2 is 2.05 bits per heavy atom. The van der Waals surface area contributed by atoms with Crippen molar-refractivity contribution in [3.63, 3.8) is 0 Å². The summed E-state index contributed by atoms with van der Waals surface area (Å²) in [5.41, 5.74) is 0. The fourth-order valence-electron chi connectivity index (χ4n) is 1.58. The van der Waals surface area contributed by atoms with Gasteiger partial charge in [0, 0.05) is 11.4 Å². The Balaban J connectivity index is 2.38. The molecule has 0 aliphatic carbocycles. The van der Waals surface area contributed by atoms with Crippen LogP contribution in [0.25, 0.3) is 0 Å². The molecule has 0 radical (unpaired) electrons. The van der Waals surface area contributed by atoms with Gasteiger partial charge >= 0.3 is 0 Å². The van der Waals surface area contributed by atoms with E-state index in [1.165, 1.54) is 6.92 Å². The zero-order chi connectivity index (χ0) is 15.1. The molecule has 1 rings (SSSR count). The summed E-state index contributed by atoms with van der Waals surface area (Å²) < 4.78 is 6.61. The Morgan fingerprint density at radius 3 is 2.65 bits per heavy atom. The normalized spacial score (nSPS) is 13.2. The molecule has 0 unspecified atom stereocenters. The van der Waals surface area contributed by atoms with Gasteiger partial charge in [-0.15, -0.1) is 0 Å². The number of rotatable bonds is 6. The third kappa shape index (κ3) is 6.06. The zero-order valence-corrected chi connectivity index (χ0v) is 13.4. The highest BCUT2D eigenvalue weighted by molar-refractivity contribution is 9.10. The van der Waals surface area contributed by atoms with Gasteiger partial charge in [-0.05, 0) is 32.0 Å². The molecule has 2 atom stereocenters. The summed E-state index contributed by atoms with van der Waals surface area (Å²) in [6.45, 7) is 5.25. The second kappa shape index (κ2) is 7.89. The summed E-state index contributed by atoms with van der Waals surface area (Å²) in [5.74, 6) is 0.270. The molecule has 110 valence electrons. The van der Waals surface area contributed by atoms with Crippen LogP contribution in [-0.2, 0) is 9.59 Å². The molecule has 1 aromatic carbocycles. The largest absolute Gasteiger partial charge is 0.489 e. The van der Waals surface area contributed by atoms with Gasteiger partial charge in [0.2, 0.25) is 11.8 Å². The first kappa shape index (κ1) is 16.5. The molecule has 0 bridgehead atoms. The van der Waals surface area contributed by atoms with Gasteiger partial charge in [0.15, 0.2) is 0 Å². The van der Waals surface area contributed by atoms with Crippen LogP contribution < -0.4 is 15.4 Å². The van der Waals surface area contributed by atoms with Crippen LogP contribution in [0.1, 0.15) is 20.8 Å². The molecule has 0 spiro atoms. The fourth-order valence-corrected chi connectivity index (χ4v) is 1.96. The van der Waals surface area contributed by atoms with Crippen LogP contribution >= 0.6 is 15.9 Å². The van der Waals surface area contributed by atoms with Gasteiger partial charge in [0.05, 0.1) is 6.54 Å². The van der Waals surface area contributed by atoms with E-state index < -0.39 is 6.04 Å². The molecule has 2 amide bonds. The van der Waals surface area contributed by atoms with E-state index in [0.29, 0.717) is 6.54 Å². The van der Waals surface area contributed by atoms with E-state index in [4.69, 9.17) is 4.74 Å². The van der Waals surface area contributed by atoms with Crippen molar-refractivity contribution >= 4 is 27.7 Å². The summed E-state index contributed by atoms with van der Waals surface area (Å²) >= 11 is 3.37. The van der Waals surface area contributed by atoms with Crippen LogP contribution in [0.3, 0.4) is 0 Å². The third-order valence-corrected chi connectivity index (χ3v) is 3.00. The molecule has 6 heteroatoms. The van der Waals surface area contributed by atoms with E-state index in [2.05, 4.69) is 26.6 Å². The first-order valence-corrected chi connectivity index (χ1v) is 7.15. The van der Waals surface area contributed by atoms with E-state index in [0.717, 1.165) is 10.2 Å². The monoisotopic (exact) mass is 342 g/mol. The molecule has 1 aromatic rings. The SMILES string of the molecule is CC(=O)N[C@H](C)C(=O)NC[C@H](C)Oc1cccc(Br)c1. The minimum Gasteiger partial charge on any atom is -0.489 e. The molecule has 0 saturated carbocycles. The van der Waals surface area contributed by atoms with Crippen molar-refractivity contribution in [1.82, 2.24) is 10.6 Å². The molecule has 20 heavy (non-hydrogen) atoms. The van der Waals surface area contributed by atoms with Crippen molar-refractivity contribution < 1.29 is 14.3 Å². The summed E-state index contributed by atoms with van der Waals surface area (Å²) in [6, 6.07) is 6.95. The van der Waals surface area contributed by atoms with E-state index in [1.54, 1.807) is 6.92 Å². The molecule has 0 saturated heterocycles. The summed E-state index contributed by atoms with van der Waals surface area (Å²) in [4.78, 5) is 22.6. The molecular formula is C14H19BrN2O3. The van der Waals surface area contributed by atoms with Crippen LogP contribution in [0.15, 0.2) is 28.7 Å². The lowest BCUT2D eigenvalue weighted by Gasteiger charge is -2.18. The summed E-state index contributed by atoms with van der Waals surface area (Å²) in [7, 11) is 0. The van der Waals surface area contributed by atoms with Crippen molar-refractivity contribution in [2.45, 2.75) is 32.9 Å². The van der Waals surface area contributed by atoms with Crippen LogP contribution in [0.4, 0.5) is 0 Å². The lowest BCUT2D eigenvalue weighted by molar-refractivity contribution is -0.127. The number of hydrogen-bond acceptors (Lipinski definition) is 3. The Hall–Kier alpha value is -1.56. The van der Waals surface area contributed by atoms with Gasteiger partial charge in [-0.2, -0.15) is 0 Å². The number of benzene rings is 1. The van der Waals surface area contributed by atoms with E-state index in [-0.39, 0.29) is 17.9 Å². The Bertz CT molecular complexity index is 479. The van der Waals surface area contributed by atoms with Crippen LogP contribution in [0, 0.1) is 0 Å². The van der Waals surface area contributed by atoms with Crippen molar-refractivity contribution in [3.8, 4) is 5.75 Å². The number of amides is 2. The van der Waals surface area contributed by atoms with Gasteiger partial charge in [-0.1, -0.05) is 22.0 Å². The molecule has 0 aliphatic rings. The molecular weight excluding hydrogens is 324 g/mol.